The molecule has 0 fully saturated rings. The molecule has 0 radical (unpaired) electrons. The fourth-order valence-corrected chi connectivity index (χ4v) is 1.41. The highest BCUT2D eigenvalue weighted by Crippen LogP contribution is 2.16. The largest absolute Gasteiger partial charge is 0.458 e. The third-order valence-electron chi connectivity index (χ3n) is 2.23. The maximum absolute atomic E-state index is 11.8. The van der Waals surface area contributed by atoms with Gasteiger partial charge in [0.1, 0.15) is 13.2 Å². The van der Waals surface area contributed by atoms with E-state index in [2.05, 4.69) is 13.2 Å². The van der Waals surface area contributed by atoms with Gasteiger partial charge in [0.15, 0.2) is 0 Å². The van der Waals surface area contributed by atoms with E-state index in [1.165, 1.54) is 12.2 Å². The minimum Gasteiger partial charge on any atom is -0.458 e. The molecule has 0 aromatic carbocycles. The summed E-state index contributed by atoms with van der Waals surface area (Å²) in [5.41, 5.74) is 0.710. The molecule has 0 aliphatic carbocycles. The van der Waals surface area contributed by atoms with Crippen LogP contribution in [0.4, 0.5) is 0 Å². The first-order chi connectivity index (χ1) is 8.62. The Morgan fingerprint density at radius 2 is 1.22 bits per heavy atom. The molecule has 0 saturated heterocycles. The van der Waals surface area contributed by atoms with Crippen molar-refractivity contribution in [2.45, 2.75) is 26.7 Å². The van der Waals surface area contributed by atoms with Gasteiger partial charge in [0.05, 0.1) is 0 Å². The lowest BCUT2D eigenvalue weighted by molar-refractivity contribution is -0.141. The zero-order chi connectivity index (χ0) is 14.0. The van der Waals surface area contributed by atoms with E-state index in [1.807, 2.05) is 0 Å². The summed E-state index contributed by atoms with van der Waals surface area (Å²) < 4.78 is 9.88. The molecule has 0 spiro atoms. The number of rotatable bonds is 8. The zero-order valence-electron chi connectivity index (χ0n) is 11.0. The Morgan fingerprint density at radius 3 is 1.44 bits per heavy atom. The Balaban J connectivity index is 5.02. The van der Waals surface area contributed by atoms with E-state index in [0.29, 0.717) is 24.0 Å². The molecular weight excluding hydrogens is 232 g/mol. The molecule has 4 nitrogen and oxygen atoms in total. The maximum Gasteiger partial charge on any atom is 0.334 e. The Bertz CT molecular complexity index is 319. The summed E-state index contributed by atoms with van der Waals surface area (Å²) in [5, 5.41) is 0. The highest BCUT2D eigenvalue weighted by molar-refractivity contribution is 6.00. The molecule has 0 unspecified atom stereocenters. The van der Waals surface area contributed by atoms with Crippen LogP contribution < -0.4 is 0 Å². The van der Waals surface area contributed by atoms with Crippen LogP contribution in [0.5, 0.6) is 0 Å². The topological polar surface area (TPSA) is 52.6 Å². The van der Waals surface area contributed by atoms with Crippen molar-refractivity contribution in [2.24, 2.45) is 0 Å². The van der Waals surface area contributed by atoms with E-state index < -0.39 is 11.9 Å². The van der Waals surface area contributed by atoms with Crippen LogP contribution in [0.3, 0.4) is 0 Å². The summed E-state index contributed by atoms with van der Waals surface area (Å²) in [6, 6.07) is 0. The molecule has 0 amide bonds. The molecule has 0 saturated carbocycles. The van der Waals surface area contributed by atoms with Crippen molar-refractivity contribution in [1.82, 2.24) is 0 Å². The van der Waals surface area contributed by atoms with Crippen molar-refractivity contribution in [3.63, 3.8) is 0 Å². The first-order valence-corrected chi connectivity index (χ1v) is 5.90. The quantitative estimate of drug-likeness (QED) is 0.378. The standard InChI is InChI=1S/C14H20O4/c1-5-9-17-13(15)11(7-3)12(8-4)14(16)18-10-6-2/h5-6H,1-2,7-10H2,3-4H3/b12-11-. The van der Waals surface area contributed by atoms with Crippen molar-refractivity contribution < 1.29 is 19.1 Å². The second-order valence-corrected chi connectivity index (χ2v) is 3.44. The molecule has 0 heterocycles. The normalized spacial score (nSPS) is 11.2. The molecule has 18 heavy (non-hydrogen) atoms. The van der Waals surface area contributed by atoms with Gasteiger partial charge >= 0.3 is 11.9 Å². The van der Waals surface area contributed by atoms with Crippen LogP contribution in [-0.4, -0.2) is 25.2 Å². The SMILES string of the molecule is C=CCOC(=O)/C(CC)=C(/CC)C(=O)OCC=C. The molecule has 0 N–H and O–H groups in total. The Labute approximate surface area is 108 Å². The summed E-state index contributed by atoms with van der Waals surface area (Å²) >= 11 is 0. The van der Waals surface area contributed by atoms with Crippen LogP contribution >= 0.6 is 0 Å². The fraction of sp³-hybridized carbons (Fsp3) is 0.429. The summed E-state index contributed by atoms with van der Waals surface area (Å²) in [6.07, 6.45) is 3.80. The van der Waals surface area contributed by atoms with Gasteiger partial charge in [0.2, 0.25) is 0 Å². The molecule has 0 atom stereocenters. The smallest absolute Gasteiger partial charge is 0.334 e. The molecule has 0 aromatic rings. The molecule has 0 aliphatic heterocycles. The van der Waals surface area contributed by atoms with Crippen molar-refractivity contribution in [2.75, 3.05) is 13.2 Å². The second kappa shape index (κ2) is 9.22. The minimum absolute atomic E-state index is 0.126. The summed E-state index contributed by atoms with van der Waals surface area (Å²) in [5.74, 6) is -0.991. The molecule has 0 rings (SSSR count). The average molecular weight is 252 g/mol. The number of carbonyl (C=O) groups is 2. The predicted octanol–water partition coefficient (Wildman–Crippen LogP) is 2.56. The lowest BCUT2D eigenvalue weighted by atomic mass is 10.0. The van der Waals surface area contributed by atoms with Gasteiger partial charge in [-0.3, -0.25) is 0 Å². The fourth-order valence-electron chi connectivity index (χ4n) is 1.41. The van der Waals surface area contributed by atoms with E-state index in [0.717, 1.165) is 0 Å². The molecule has 0 bridgehead atoms. The van der Waals surface area contributed by atoms with Crippen molar-refractivity contribution in [3.05, 3.63) is 36.5 Å². The first-order valence-electron chi connectivity index (χ1n) is 5.90. The van der Waals surface area contributed by atoms with Gasteiger partial charge < -0.3 is 9.47 Å². The Hall–Kier alpha value is -1.84. The van der Waals surface area contributed by atoms with Gasteiger partial charge in [-0.25, -0.2) is 9.59 Å². The van der Waals surface area contributed by atoms with Crippen LogP contribution in [-0.2, 0) is 19.1 Å². The number of carbonyl (C=O) groups excluding carboxylic acids is 2. The van der Waals surface area contributed by atoms with E-state index in [1.54, 1.807) is 13.8 Å². The Morgan fingerprint density at radius 1 is 0.889 bits per heavy atom. The highest BCUT2D eigenvalue weighted by Gasteiger charge is 2.20. The van der Waals surface area contributed by atoms with Crippen molar-refractivity contribution in [3.8, 4) is 0 Å². The van der Waals surface area contributed by atoms with E-state index in [-0.39, 0.29) is 13.2 Å². The highest BCUT2D eigenvalue weighted by atomic mass is 16.5. The minimum atomic E-state index is -0.496. The van der Waals surface area contributed by atoms with Crippen LogP contribution in [0, 0.1) is 0 Å². The van der Waals surface area contributed by atoms with Crippen LogP contribution in [0.15, 0.2) is 36.5 Å². The zero-order valence-corrected chi connectivity index (χ0v) is 11.0. The van der Waals surface area contributed by atoms with Crippen molar-refractivity contribution >= 4 is 11.9 Å². The average Bonchev–Trinajstić information content (AvgIpc) is 2.39. The number of ether oxygens (including phenoxy) is 2. The van der Waals surface area contributed by atoms with Crippen molar-refractivity contribution in [1.29, 1.82) is 0 Å². The molecule has 0 aliphatic rings. The number of esters is 2. The van der Waals surface area contributed by atoms with E-state index in [9.17, 15) is 9.59 Å². The molecule has 100 valence electrons. The third-order valence-corrected chi connectivity index (χ3v) is 2.23. The van der Waals surface area contributed by atoms with Gasteiger partial charge in [-0.2, -0.15) is 0 Å². The van der Waals surface area contributed by atoms with Crippen LogP contribution in [0.1, 0.15) is 26.7 Å². The van der Waals surface area contributed by atoms with E-state index in [4.69, 9.17) is 9.47 Å². The lowest BCUT2D eigenvalue weighted by Crippen LogP contribution is -2.16. The van der Waals surface area contributed by atoms with Gasteiger partial charge in [-0.1, -0.05) is 39.2 Å². The summed E-state index contributed by atoms with van der Waals surface area (Å²) in [6.45, 7) is 10.8. The summed E-state index contributed by atoms with van der Waals surface area (Å²) in [7, 11) is 0. The predicted molar refractivity (Wildman–Crippen MR) is 69.9 cm³/mol. The van der Waals surface area contributed by atoms with Gasteiger partial charge in [-0.05, 0) is 12.8 Å². The molecule has 4 heteroatoms. The number of hydrogen-bond acceptors (Lipinski definition) is 4. The molecule has 0 aromatic heterocycles. The molecular formula is C14H20O4. The first kappa shape index (κ1) is 16.2. The lowest BCUT2D eigenvalue weighted by Gasteiger charge is -2.11. The maximum atomic E-state index is 11.8. The summed E-state index contributed by atoms with van der Waals surface area (Å²) in [4.78, 5) is 23.5. The van der Waals surface area contributed by atoms with Crippen LogP contribution in [0.2, 0.25) is 0 Å². The van der Waals surface area contributed by atoms with Gasteiger partial charge in [0.25, 0.3) is 0 Å². The van der Waals surface area contributed by atoms with Gasteiger partial charge in [-0.15, -0.1) is 0 Å². The van der Waals surface area contributed by atoms with Gasteiger partial charge in [0, 0.05) is 11.1 Å². The monoisotopic (exact) mass is 252 g/mol. The Kier molecular flexibility index (Phi) is 8.27. The number of hydrogen-bond donors (Lipinski definition) is 0. The third kappa shape index (κ3) is 4.99. The second-order valence-electron chi connectivity index (χ2n) is 3.44. The van der Waals surface area contributed by atoms with Crippen LogP contribution in [0.25, 0.3) is 0 Å². The van der Waals surface area contributed by atoms with E-state index >= 15 is 0 Å².